The van der Waals surface area contributed by atoms with Crippen LogP contribution in [0.5, 0.6) is 0 Å². The highest BCUT2D eigenvalue weighted by Crippen LogP contribution is 2.21. The highest BCUT2D eigenvalue weighted by molar-refractivity contribution is 7.14. The summed E-state index contributed by atoms with van der Waals surface area (Å²) in [7, 11) is 0. The van der Waals surface area contributed by atoms with Crippen molar-refractivity contribution in [3.8, 4) is 0 Å². The van der Waals surface area contributed by atoms with Gasteiger partial charge in [0.1, 0.15) is 5.00 Å². The molecule has 0 amide bonds. The van der Waals surface area contributed by atoms with Crippen molar-refractivity contribution in [1.82, 2.24) is 4.98 Å². The van der Waals surface area contributed by atoms with Crippen molar-refractivity contribution in [3.63, 3.8) is 0 Å². The van der Waals surface area contributed by atoms with Crippen molar-refractivity contribution >= 4 is 22.3 Å². The SMILES string of the molecule is C=CC(C)Nc1scnc1C(=O)OCC. The highest BCUT2D eigenvalue weighted by Gasteiger charge is 2.16. The van der Waals surface area contributed by atoms with Gasteiger partial charge in [0.15, 0.2) is 5.69 Å². The molecule has 1 atom stereocenters. The molecule has 15 heavy (non-hydrogen) atoms. The van der Waals surface area contributed by atoms with E-state index in [-0.39, 0.29) is 6.04 Å². The molecule has 5 heteroatoms. The maximum Gasteiger partial charge on any atom is 0.360 e. The fourth-order valence-electron chi connectivity index (χ4n) is 0.959. The van der Waals surface area contributed by atoms with Crippen molar-refractivity contribution in [2.75, 3.05) is 11.9 Å². The van der Waals surface area contributed by atoms with Crippen LogP contribution in [0.1, 0.15) is 24.3 Å². The number of carbonyl (C=O) groups excluding carboxylic acids is 1. The predicted octanol–water partition coefficient (Wildman–Crippen LogP) is 2.31. The van der Waals surface area contributed by atoms with Gasteiger partial charge in [0, 0.05) is 6.04 Å². The van der Waals surface area contributed by atoms with Crippen molar-refractivity contribution in [2.24, 2.45) is 0 Å². The van der Waals surface area contributed by atoms with E-state index in [0.29, 0.717) is 12.3 Å². The number of thiazole rings is 1. The Bertz CT molecular complexity index is 349. The van der Waals surface area contributed by atoms with Crippen LogP contribution in [0.15, 0.2) is 18.2 Å². The van der Waals surface area contributed by atoms with Crippen LogP contribution in [0.25, 0.3) is 0 Å². The Kier molecular flexibility index (Phi) is 4.30. The van der Waals surface area contributed by atoms with E-state index in [1.165, 1.54) is 11.3 Å². The summed E-state index contributed by atoms with van der Waals surface area (Å²) in [6.07, 6.45) is 1.76. The summed E-state index contributed by atoms with van der Waals surface area (Å²) >= 11 is 1.38. The number of hydrogen-bond donors (Lipinski definition) is 1. The van der Waals surface area contributed by atoms with Gasteiger partial charge in [-0.1, -0.05) is 6.08 Å². The van der Waals surface area contributed by atoms with Crippen LogP contribution < -0.4 is 5.32 Å². The van der Waals surface area contributed by atoms with Crippen LogP contribution in [0.3, 0.4) is 0 Å². The third kappa shape index (κ3) is 3.06. The van der Waals surface area contributed by atoms with E-state index in [2.05, 4.69) is 16.9 Å². The molecule has 0 bridgehead atoms. The molecule has 0 aliphatic carbocycles. The number of rotatable bonds is 5. The smallest absolute Gasteiger partial charge is 0.360 e. The van der Waals surface area contributed by atoms with E-state index in [9.17, 15) is 4.79 Å². The van der Waals surface area contributed by atoms with Gasteiger partial charge in [-0.05, 0) is 13.8 Å². The largest absolute Gasteiger partial charge is 0.461 e. The first kappa shape index (κ1) is 11.7. The molecular weight excluding hydrogens is 212 g/mol. The fraction of sp³-hybridized carbons (Fsp3) is 0.400. The molecule has 0 aromatic carbocycles. The minimum absolute atomic E-state index is 0.0960. The zero-order chi connectivity index (χ0) is 11.3. The summed E-state index contributed by atoms with van der Waals surface area (Å²) in [4.78, 5) is 15.4. The van der Waals surface area contributed by atoms with Gasteiger partial charge in [-0.3, -0.25) is 0 Å². The van der Waals surface area contributed by atoms with Crippen LogP contribution in [0, 0.1) is 0 Å². The minimum atomic E-state index is -0.391. The topological polar surface area (TPSA) is 51.2 Å². The summed E-state index contributed by atoms with van der Waals surface area (Å²) in [6, 6.07) is 0.0960. The number of ether oxygens (including phenoxy) is 1. The number of nitrogens with one attached hydrogen (secondary N) is 1. The molecule has 1 aromatic heterocycles. The van der Waals surface area contributed by atoms with Gasteiger partial charge in [0.2, 0.25) is 0 Å². The van der Waals surface area contributed by atoms with Gasteiger partial charge >= 0.3 is 5.97 Å². The van der Waals surface area contributed by atoms with Crippen molar-refractivity contribution in [3.05, 3.63) is 23.9 Å². The molecule has 0 aliphatic rings. The Hall–Kier alpha value is -1.36. The van der Waals surface area contributed by atoms with Crippen LogP contribution >= 0.6 is 11.3 Å². The average molecular weight is 226 g/mol. The Morgan fingerprint density at radius 2 is 2.60 bits per heavy atom. The molecule has 1 unspecified atom stereocenters. The lowest BCUT2D eigenvalue weighted by Crippen LogP contribution is -2.14. The second-order valence-electron chi connectivity index (χ2n) is 2.92. The molecule has 1 N–H and O–H groups in total. The van der Waals surface area contributed by atoms with E-state index in [0.717, 1.165) is 5.00 Å². The molecule has 0 aliphatic heterocycles. The molecule has 82 valence electrons. The highest BCUT2D eigenvalue weighted by atomic mass is 32.1. The van der Waals surface area contributed by atoms with Gasteiger partial charge in [-0.25, -0.2) is 9.78 Å². The van der Waals surface area contributed by atoms with E-state index < -0.39 is 5.97 Å². The maximum atomic E-state index is 11.5. The Morgan fingerprint density at radius 3 is 3.20 bits per heavy atom. The van der Waals surface area contributed by atoms with E-state index in [1.807, 2.05) is 6.92 Å². The molecule has 0 saturated carbocycles. The van der Waals surface area contributed by atoms with Gasteiger partial charge in [0.25, 0.3) is 0 Å². The molecule has 0 saturated heterocycles. The third-order valence-electron chi connectivity index (χ3n) is 1.75. The lowest BCUT2D eigenvalue weighted by atomic mass is 10.3. The van der Waals surface area contributed by atoms with Crippen LogP contribution in [-0.2, 0) is 4.74 Å². The second-order valence-corrected chi connectivity index (χ2v) is 3.77. The number of aromatic nitrogens is 1. The van der Waals surface area contributed by atoms with E-state index in [1.54, 1.807) is 18.5 Å². The number of anilines is 1. The summed E-state index contributed by atoms with van der Waals surface area (Å²) in [5.41, 5.74) is 1.96. The molecular formula is C10H14N2O2S. The Morgan fingerprint density at radius 1 is 1.87 bits per heavy atom. The first-order chi connectivity index (χ1) is 7.19. The Balaban J connectivity index is 2.77. The fourth-order valence-corrected chi connectivity index (χ4v) is 1.72. The van der Waals surface area contributed by atoms with E-state index >= 15 is 0 Å². The minimum Gasteiger partial charge on any atom is -0.461 e. The normalized spacial score (nSPS) is 11.9. The summed E-state index contributed by atoms with van der Waals surface area (Å²) in [5, 5.41) is 3.84. The van der Waals surface area contributed by atoms with Gasteiger partial charge in [-0.15, -0.1) is 17.9 Å². The van der Waals surface area contributed by atoms with Crippen molar-refractivity contribution < 1.29 is 9.53 Å². The number of esters is 1. The Labute approximate surface area is 93.0 Å². The number of hydrogen-bond acceptors (Lipinski definition) is 5. The van der Waals surface area contributed by atoms with Crippen LogP contribution in [0.2, 0.25) is 0 Å². The third-order valence-corrected chi connectivity index (χ3v) is 2.51. The molecule has 1 aromatic rings. The van der Waals surface area contributed by atoms with E-state index in [4.69, 9.17) is 4.74 Å². The summed E-state index contributed by atoms with van der Waals surface area (Å²) < 4.78 is 4.88. The number of nitrogens with zero attached hydrogens (tertiary/aromatic N) is 1. The predicted molar refractivity (Wildman–Crippen MR) is 61.4 cm³/mol. The molecule has 1 heterocycles. The molecule has 0 spiro atoms. The summed E-state index contributed by atoms with van der Waals surface area (Å²) in [5.74, 6) is -0.391. The zero-order valence-electron chi connectivity index (χ0n) is 8.82. The lowest BCUT2D eigenvalue weighted by molar-refractivity contribution is 0.0521. The van der Waals surface area contributed by atoms with Crippen molar-refractivity contribution in [2.45, 2.75) is 19.9 Å². The van der Waals surface area contributed by atoms with Gasteiger partial charge < -0.3 is 10.1 Å². The first-order valence-electron chi connectivity index (χ1n) is 4.68. The zero-order valence-corrected chi connectivity index (χ0v) is 9.63. The van der Waals surface area contributed by atoms with Crippen LogP contribution in [-0.4, -0.2) is 23.6 Å². The molecule has 4 nitrogen and oxygen atoms in total. The molecule has 1 rings (SSSR count). The van der Waals surface area contributed by atoms with Crippen molar-refractivity contribution in [1.29, 1.82) is 0 Å². The number of carbonyl (C=O) groups is 1. The quantitative estimate of drug-likeness (QED) is 0.618. The average Bonchev–Trinajstić information content (AvgIpc) is 2.66. The first-order valence-corrected chi connectivity index (χ1v) is 5.56. The van der Waals surface area contributed by atoms with Gasteiger partial charge in [-0.2, -0.15) is 0 Å². The molecule has 0 fully saturated rings. The second kappa shape index (κ2) is 5.50. The summed E-state index contributed by atoms with van der Waals surface area (Å²) in [6.45, 7) is 7.73. The van der Waals surface area contributed by atoms with Gasteiger partial charge in [0.05, 0.1) is 12.1 Å². The molecule has 0 radical (unpaired) electrons. The van der Waals surface area contributed by atoms with Crippen LogP contribution in [0.4, 0.5) is 5.00 Å². The lowest BCUT2D eigenvalue weighted by Gasteiger charge is -2.09. The maximum absolute atomic E-state index is 11.5. The monoisotopic (exact) mass is 226 g/mol. The standard InChI is InChI=1S/C10H14N2O2S/c1-4-7(3)12-9-8(11-6-15-9)10(13)14-5-2/h4,6-7,12H,1,5H2,2-3H3.